The van der Waals surface area contributed by atoms with Crippen LogP contribution in [0.15, 0.2) is 29.6 Å². The van der Waals surface area contributed by atoms with Gasteiger partial charge >= 0.3 is 6.18 Å². The molecule has 0 N–H and O–H groups in total. The van der Waals surface area contributed by atoms with E-state index < -0.39 is 11.7 Å². The van der Waals surface area contributed by atoms with Gasteiger partial charge in [-0.25, -0.2) is 4.98 Å². The zero-order valence-corrected chi connectivity index (χ0v) is 11.9. The predicted molar refractivity (Wildman–Crippen MR) is 72.3 cm³/mol. The van der Waals surface area contributed by atoms with Gasteiger partial charge in [-0.3, -0.25) is 0 Å². The lowest BCUT2D eigenvalue weighted by molar-refractivity contribution is -0.137. The highest BCUT2D eigenvalue weighted by Gasteiger charge is 2.30. The summed E-state index contributed by atoms with van der Waals surface area (Å²) in [5, 5.41) is 2.71. The summed E-state index contributed by atoms with van der Waals surface area (Å²) in [6.07, 6.45) is -3.82. The molecule has 0 unspecified atom stereocenters. The van der Waals surface area contributed by atoms with E-state index in [0.29, 0.717) is 12.3 Å². The van der Waals surface area contributed by atoms with E-state index in [-0.39, 0.29) is 12.4 Å². The molecule has 0 saturated carbocycles. The molecule has 0 amide bonds. The molecule has 0 aliphatic heterocycles. The molecule has 20 heavy (non-hydrogen) atoms. The van der Waals surface area contributed by atoms with Crippen molar-refractivity contribution < 1.29 is 17.9 Å². The van der Waals surface area contributed by atoms with Crippen molar-refractivity contribution in [3.63, 3.8) is 0 Å². The van der Waals surface area contributed by atoms with Crippen molar-refractivity contribution in [1.82, 2.24) is 4.98 Å². The molecular formula is C13H11ClF3NOS. The lowest BCUT2D eigenvalue weighted by Gasteiger charge is -2.09. The van der Waals surface area contributed by atoms with Gasteiger partial charge in [0.25, 0.3) is 0 Å². The molecule has 7 heteroatoms. The van der Waals surface area contributed by atoms with Crippen LogP contribution in [-0.2, 0) is 18.5 Å². The first-order chi connectivity index (χ1) is 9.49. The number of nitrogens with zero attached hydrogens (tertiary/aromatic N) is 1. The smallest absolute Gasteiger partial charge is 0.416 e. The van der Waals surface area contributed by atoms with Crippen LogP contribution in [0, 0.1) is 0 Å². The second-order valence-electron chi connectivity index (χ2n) is 3.99. The SMILES string of the molecule is FC(F)(F)c1cccc(OCCc2nc(CCl)cs2)c1. The Morgan fingerprint density at radius 2 is 2.10 bits per heavy atom. The number of benzene rings is 1. The Morgan fingerprint density at radius 3 is 2.75 bits per heavy atom. The van der Waals surface area contributed by atoms with E-state index >= 15 is 0 Å². The summed E-state index contributed by atoms with van der Waals surface area (Å²) in [4.78, 5) is 4.24. The van der Waals surface area contributed by atoms with Crippen molar-refractivity contribution >= 4 is 22.9 Å². The van der Waals surface area contributed by atoms with Gasteiger partial charge in [0, 0.05) is 11.8 Å². The van der Waals surface area contributed by atoms with Gasteiger partial charge in [0.2, 0.25) is 0 Å². The van der Waals surface area contributed by atoms with E-state index in [1.807, 2.05) is 5.38 Å². The zero-order chi connectivity index (χ0) is 14.6. The molecule has 1 aromatic heterocycles. The molecule has 0 aliphatic rings. The zero-order valence-electron chi connectivity index (χ0n) is 10.3. The first kappa shape index (κ1) is 15.1. The monoisotopic (exact) mass is 321 g/mol. The molecule has 0 fully saturated rings. The Morgan fingerprint density at radius 1 is 1.30 bits per heavy atom. The Hall–Kier alpha value is -1.27. The fourth-order valence-corrected chi connectivity index (χ4v) is 2.55. The fourth-order valence-electron chi connectivity index (χ4n) is 1.54. The van der Waals surface area contributed by atoms with Crippen molar-refractivity contribution in [2.24, 2.45) is 0 Å². The van der Waals surface area contributed by atoms with E-state index in [1.54, 1.807) is 0 Å². The van der Waals surface area contributed by atoms with Crippen LogP contribution in [0.25, 0.3) is 0 Å². The van der Waals surface area contributed by atoms with Crippen molar-refractivity contribution in [1.29, 1.82) is 0 Å². The molecule has 0 bridgehead atoms. The summed E-state index contributed by atoms with van der Waals surface area (Å²) < 4.78 is 42.9. The molecular weight excluding hydrogens is 311 g/mol. The molecule has 1 heterocycles. The van der Waals surface area contributed by atoms with Gasteiger partial charge in [-0.15, -0.1) is 22.9 Å². The maximum Gasteiger partial charge on any atom is 0.416 e. The standard InChI is InChI=1S/C13H11ClF3NOS/c14-7-10-8-20-12(18-10)4-5-19-11-3-1-2-9(6-11)13(15,16)17/h1-3,6,8H,4-5,7H2. The molecule has 0 atom stereocenters. The van der Waals surface area contributed by atoms with Gasteiger partial charge in [0.15, 0.2) is 0 Å². The highest BCUT2D eigenvalue weighted by molar-refractivity contribution is 7.09. The first-order valence-electron chi connectivity index (χ1n) is 5.78. The number of hydrogen-bond acceptors (Lipinski definition) is 3. The van der Waals surface area contributed by atoms with Crippen LogP contribution in [0.3, 0.4) is 0 Å². The van der Waals surface area contributed by atoms with Crippen LogP contribution >= 0.6 is 22.9 Å². The van der Waals surface area contributed by atoms with Gasteiger partial charge < -0.3 is 4.74 Å². The fraction of sp³-hybridized carbons (Fsp3) is 0.308. The first-order valence-corrected chi connectivity index (χ1v) is 7.20. The van der Waals surface area contributed by atoms with Gasteiger partial charge in [0.05, 0.1) is 28.8 Å². The number of rotatable bonds is 5. The molecule has 2 rings (SSSR count). The van der Waals surface area contributed by atoms with E-state index in [0.717, 1.165) is 22.8 Å². The highest BCUT2D eigenvalue weighted by atomic mass is 35.5. The third kappa shape index (κ3) is 4.11. The summed E-state index contributed by atoms with van der Waals surface area (Å²) in [5.41, 5.74) is 0.0828. The van der Waals surface area contributed by atoms with Crippen LogP contribution in [0.5, 0.6) is 5.75 Å². The van der Waals surface area contributed by atoms with E-state index in [9.17, 15) is 13.2 Å². The molecule has 0 spiro atoms. The van der Waals surface area contributed by atoms with E-state index in [1.165, 1.54) is 23.5 Å². The number of thiazole rings is 1. The van der Waals surface area contributed by atoms with Crippen LogP contribution < -0.4 is 4.74 Å². The minimum Gasteiger partial charge on any atom is -0.493 e. The van der Waals surface area contributed by atoms with Crippen LogP contribution in [0.2, 0.25) is 0 Å². The van der Waals surface area contributed by atoms with E-state index in [4.69, 9.17) is 16.3 Å². The quantitative estimate of drug-likeness (QED) is 0.755. The van der Waals surface area contributed by atoms with Gasteiger partial charge in [-0.1, -0.05) is 6.07 Å². The number of hydrogen-bond donors (Lipinski definition) is 0. The maximum absolute atomic E-state index is 12.5. The van der Waals surface area contributed by atoms with Crippen molar-refractivity contribution in [3.05, 3.63) is 45.9 Å². The largest absolute Gasteiger partial charge is 0.493 e. The number of alkyl halides is 4. The normalized spacial score (nSPS) is 11.6. The lowest BCUT2D eigenvalue weighted by Crippen LogP contribution is -2.06. The highest BCUT2D eigenvalue weighted by Crippen LogP contribution is 2.31. The van der Waals surface area contributed by atoms with Gasteiger partial charge in [-0.2, -0.15) is 13.2 Å². The molecule has 1 aromatic carbocycles. The predicted octanol–water partition coefficient (Wildman–Crippen LogP) is 4.52. The van der Waals surface area contributed by atoms with Crippen molar-refractivity contribution in [2.75, 3.05) is 6.61 Å². The Labute approximate surface area is 123 Å². The van der Waals surface area contributed by atoms with Crippen LogP contribution in [-0.4, -0.2) is 11.6 Å². The average molecular weight is 322 g/mol. The molecule has 0 saturated heterocycles. The Kier molecular flexibility index (Phi) is 4.88. The third-order valence-electron chi connectivity index (χ3n) is 2.48. The summed E-state index contributed by atoms with van der Waals surface area (Å²) in [6.45, 7) is 0.274. The number of aromatic nitrogens is 1. The summed E-state index contributed by atoms with van der Waals surface area (Å²) in [7, 11) is 0. The lowest BCUT2D eigenvalue weighted by atomic mass is 10.2. The summed E-state index contributed by atoms with van der Waals surface area (Å²) in [6, 6.07) is 4.83. The molecule has 0 aliphatic carbocycles. The van der Waals surface area contributed by atoms with Crippen LogP contribution in [0.4, 0.5) is 13.2 Å². The topological polar surface area (TPSA) is 22.1 Å². The van der Waals surface area contributed by atoms with Gasteiger partial charge in [0.1, 0.15) is 5.75 Å². The maximum atomic E-state index is 12.5. The number of halogens is 4. The third-order valence-corrected chi connectivity index (χ3v) is 3.71. The Balaban J connectivity index is 1.91. The van der Waals surface area contributed by atoms with E-state index in [2.05, 4.69) is 4.98 Å². The van der Waals surface area contributed by atoms with Crippen LogP contribution in [0.1, 0.15) is 16.3 Å². The number of ether oxygens (including phenoxy) is 1. The molecule has 0 radical (unpaired) electrons. The minimum absolute atomic E-state index is 0.203. The second-order valence-corrected chi connectivity index (χ2v) is 5.20. The van der Waals surface area contributed by atoms with Gasteiger partial charge in [-0.05, 0) is 18.2 Å². The minimum atomic E-state index is -4.36. The Bertz CT molecular complexity index is 571. The second kappa shape index (κ2) is 6.45. The summed E-state index contributed by atoms with van der Waals surface area (Å²) in [5.74, 6) is 0.555. The summed E-state index contributed by atoms with van der Waals surface area (Å²) >= 11 is 7.10. The molecule has 108 valence electrons. The van der Waals surface area contributed by atoms with Crippen molar-refractivity contribution in [2.45, 2.75) is 18.5 Å². The average Bonchev–Trinajstić information content (AvgIpc) is 2.86. The molecule has 2 aromatic rings. The molecule has 2 nitrogen and oxygen atoms in total. The van der Waals surface area contributed by atoms with Crippen molar-refractivity contribution in [3.8, 4) is 5.75 Å².